The zero-order valence-electron chi connectivity index (χ0n) is 14.8. The van der Waals surface area contributed by atoms with Gasteiger partial charge in [0.2, 0.25) is 11.8 Å². The molecule has 0 spiro atoms. The molecule has 1 aliphatic carbocycles. The van der Waals surface area contributed by atoms with Gasteiger partial charge in [-0.1, -0.05) is 12.1 Å². The number of rotatable bonds is 9. The van der Waals surface area contributed by atoms with Crippen LogP contribution in [0.15, 0.2) is 24.3 Å². The predicted octanol–water partition coefficient (Wildman–Crippen LogP) is 2.07. The van der Waals surface area contributed by atoms with Gasteiger partial charge in [0.25, 0.3) is 0 Å². The highest BCUT2D eigenvalue weighted by atomic mass is 35.5. The molecule has 0 saturated heterocycles. The summed E-state index contributed by atoms with van der Waals surface area (Å²) < 4.78 is 5.40. The molecule has 6 nitrogen and oxygen atoms in total. The molecule has 1 aromatic carbocycles. The number of carbonyl (C=O) groups is 2. The summed E-state index contributed by atoms with van der Waals surface area (Å²) in [5.74, 6) is 0.689. The van der Waals surface area contributed by atoms with Crippen LogP contribution in [0.5, 0.6) is 5.75 Å². The number of halogens is 1. The molecule has 140 valence electrons. The summed E-state index contributed by atoms with van der Waals surface area (Å²) in [6, 6.07) is 7.63. The zero-order chi connectivity index (χ0) is 17.6. The molecule has 1 saturated carbocycles. The van der Waals surface area contributed by atoms with Crippen molar-refractivity contribution in [2.45, 2.75) is 51.1 Å². The van der Waals surface area contributed by atoms with E-state index in [1.165, 1.54) is 0 Å². The van der Waals surface area contributed by atoms with Gasteiger partial charge < -0.3 is 21.1 Å². The first kappa shape index (κ1) is 21.3. The fourth-order valence-corrected chi connectivity index (χ4v) is 2.41. The van der Waals surface area contributed by atoms with Crippen molar-refractivity contribution in [1.29, 1.82) is 0 Å². The summed E-state index contributed by atoms with van der Waals surface area (Å²) in [5.41, 5.74) is 6.17. The van der Waals surface area contributed by atoms with E-state index < -0.39 is 5.54 Å². The molecule has 25 heavy (non-hydrogen) atoms. The second kappa shape index (κ2) is 9.63. The van der Waals surface area contributed by atoms with Gasteiger partial charge in [0.1, 0.15) is 5.75 Å². The summed E-state index contributed by atoms with van der Waals surface area (Å²) in [6.45, 7) is 4.99. The molecule has 4 N–H and O–H groups in total. The number of nitrogens with two attached hydrogens (primary N) is 1. The Balaban J connectivity index is 0.00000312. The quantitative estimate of drug-likeness (QED) is 0.581. The number of ether oxygens (including phenoxy) is 1. The third kappa shape index (κ3) is 6.55. The van der Waals surface area contributed by atoms with Crippen LogP contribution < -0.4 is 21.1 Å². The largest absolute Gasteiger partial charge is 0.494 e. The number of hydrogen-bond donors (Lipinski definition) is 3. The molecule has 0 bridgehead atoms. The first-order valence-electron chi connectivity index (χ1n) is 8.54. The van der Waals surface area contributed by atoms with Crippen molar-refractivity contribution >= 4 is 24.2 Å². The summed E-state index contributed by atoms with van der Waals surface area (Å²) in [7, 11) is 0. The molecule has 1 aliphatic rings. The Morgan fingerprint density at radius 3 is 2.48 bits per heavy atom. The number of benzene rings is 1. The van der Waals surface area contributed by atoms with Gasteiger partial charge in [-0.3, -0.25) is 9.59 Å². The lowest BCUT2D eigenvalue weighted by Crippen LogP contribution is -2.43. The van der Waals surface area contributed by atoms with Crippen molar-refractivity contribution in [3.63, 3.8) is 0 Å². The highest BCUT2D eigenvalue weighted by Gasteiger charge is 2.45. The summed E-state index contributed by atoms with van der Waals surface area (Å²) in [4.78, 5) is 23.6. The third-order valence-corrected chi connectivity index (χ3v) is 4.18. The molecule has 2 amide bonds. The van der Waals surface area contributed by atoms with Gasteiger partial charge in [-0.25, -0.2) is 0 Å². The smallest absolute Gasteiger partial charge is 0.240 e. The van der Waals surface area contributed by atoms with Crippen LogP contribution in [0.3, 0.4) is 0 Å². The summed E-state index contributed by atoms with van der Waals surface area (Å²) in [6.07, 6.45) is 2.47. The highest BCUT2D eigenvalue weighted by molar-refractivity contribution is 5.89. The molecule has 0 aliphatic heterocycles. The van der Waals surface area contributed by atoms with E-state index in [0.29, 0.717) is 26.0 Å². The molecule has 1 unspecified atom stereocenters. The Morgan fingerprint density at radius 1 is 1.28 bits per heavy atom. The van der Waals surface area contributed by atoms with Crippen LogP contribution in [-0.4, -0.2) is 30.5 Å². The van der Waals surface area contributed by atoms with Crippen molar-refractivity contribution < 1.29 is 14.3 Å². The Hall–Kier alpha value is -1.79. The normalized spacial score (nSPS) is 15.5. The maximum Gasteiger partial charge on any atom is 0.240 e. The molecule has 1 fully saturated rings. The van der Waals surface area contributed by atoms with Crippen LogP contribution >= 0.6 is 12.4 Å². The number of amides is 2. The van der Waals surface area contributed by atoms with Crippen molar-refractivity contribution in [2.24, 2.45) is 5.73 Å². The third-order valence-electron chi connectivity index (χ3n) is 4.18. The van der Waals surface area contributed by atoms with E-state index in [0.717, 1.165) is 24.2 Å². The maximum atomic E-state index is 12.0. The fraction of sp³-hybridized carbons (Fsp3) is 0.556. The van der Waals surface area contributed by atoms with Gasteiger partial charge in [-0.05, 0) is 50.8 Å². The molecular weight excluding hydrogens is 342 g/mol. The van der Waals surface area contributed by atoms with E-state index in [-0.39, 0.29) is 30.3 Å². The van der Waals surface area contributed by atoms with Crippen LogP contribution in [0.1, 0.15) is 51.1 Å². The first-order chi connectivity index (χ1) is 11.4. The molecule has 7 heteroatoms. The second-order valence-electron chi connectivity index (χ2n) is 6.31. The van der Waals surface area contributed by atoms with Crippen LogP contribution in [0.2, 0.25) is 0 Å². The first-order valence-corrected chi connectivity index (χ1v) is 8.54. The van der Waals surface area contributed by atoms with Gasteiger partial charge in [0.15, 0.2) is 0 Å². The van der Waals surface area contributed by atoms with Gasteiger partial charge in [-0.2, -0.15) is 0 Å². The SMILES string of the molecule is CCOc1ccc(C(C)NC(=O)CCCNC(=O)C2(N)CC2)cc1.Cl. The van der Waals surface area contributed by atoms with Crippen molar-refractivity contribution in [1.82, 2.24) is 10.6 Å². The summed E-state index contributed by atoms with van der Waals surface area (Å²) >= 11 is 0. The maximum absolute atomic E-state index is 12.0. The van der Waals surface area contributed by atoms with Gasteiger partial charge >= 0.3 is 0 Å². The lowest BCUT2D eigenvalue weighted by molar-refractivity contribution is -0.124. The monoisotopic (exact) mass is 369 g/mol. The number of hydrogen-bond acceptors (Lipinski definition) is 4. The van der Waals surface area contributed by atoms with Crippen LogP contribution in [0, 0.1) is 0 Å². The van der Waals surface area contributed by atoms with Crippen molar-refractivity contribution in [2.75, 3.05) is 13.2 Å². The summed E-state index contributed by atoms with van der Waals surface area (Å²) in [5, 5.41) is 5.75. The van der Waals surface area contributed by atoms with Crippen LogP contribution in [-0.2, 0) is 9.59 Å². The Morgan fingerprint density at radius 2 is 1.92 bits per heavy atom. The van der Waals surface area contributed by atoms with Crippen molar-refractivity contribution in [3.8, 4) is 5.75 Å². The Labute approximate surface area is 155 Å². The lowest BCUT2D eigenvalue weighted by Gasteiger charge is -2.15. The molecule has 0 heterocycles. The van der Waals surface area contributed by atoms with Crippen LogP contribution in [0.4, 0.5) is 0 Å². The van der Waals surface area contributed by atoms with E-state index in [1.807, 2.05) is 38.1 Å². The van der Waals surface area contributed by atoms with E-state index in [2.05, 4.69) is 10.6 Å². The molecular formula is C18H28ClN3O3. The molecule has 1 atom stereocenters. The lowest BCUT2D eigenvalue weighted by atomic mass is 10.1. The van der Waals surface area contributed by atoms with E-state index in [9.17, 15) is 9.59 Å². The minimum atomic E-state index is -0.648. The van der Waals surface area contributed by atoms with Crippen molar-refractivity contribution in [3.05, 3.63) is 29.8 Å². The minimum Gasteiger partial charge on any atom is -0.494 e. The second-order valence-corrected chi connectivity index (χ2v) is 6.31. The number of nitrogens with one attached hydrogen (secondary N) is 2. The highest BCUT2D eigenvalue weighted by Crippen LogP contribution is 2.31. The predicted molar refractivity (Wildman–Crippen MR) is 99.8 cm³/mol. The topological polar surface area (TPSA) is 93.5 Å². The molecule has 0 radical (unpaired) electrons. The zero-order valence-corrected chi connectivity index (χ0v) is 15.7. The standard InChI is InChI=1S/C18H27N3O3.ClH/c1-3-24-15-8-6-14(7-9-15)13(2)21-16(22)5-4-12-20-17(23)18(19)10-11-18;/h6-9,13H,3-5,10-12,19H2,1-2H3,(H,20,23)(H,21,22);1H. The molecule has 1 aromatic rings. The van der Waals surface area contributed by atoms with Crippen LogP contribution in [0.25, 0.3) is 0 Å². The molecule has 2 rings (SSSR count). The van der Waals surface area contributed by atoms with E-state index in [1.54, 1.807) is 0 Å². The number of carbonyl (C=O) groups excluding carboxylic acids is 2. The van der Waals surface area contributed by atoms with E-state index in [4.69, 9.17) is 10.5 Å². The average molecular weight is 370 g/mol. The minimum absolute atomic E-state index is 0. The Kier molecular flexibility index (Phi) is 8.19. The van der Waals surface area contributed by atoms with Gasteiger partial charge in [0.05, 0.1) is 18.2 Å². The van der Waals surface area contributed by atoms with Gasteiger partial charge in [-0.15, -0.1) is 12.4 Å². The van der Waals surface area contributed by atoms with E-state index >= 15 is 0 Å². The Bertz CT molecular complexity index is 573. The fourth-order valence-electron chi connectivity index (χ4n) is 2.41. The average Bonchev–Trinajstić information content (AvgIpc) is 3.31. The molecule has 0 aromatic heterocycles. The van der Waals surface area contributed by atoms with Gasteiger partial charge in [0, 0.05) is 13.0 Å².